The first kappa shape index (κ1) is 23.7. The number of aromatic nitrogens is 1. The molecule has 0 saturated heterocycles. The third-order valence-electron chi connectivity index (χ3n) is 6.64. The van der Waals surface area contributed by atoms with Crippen molar-refractivity contribution in [3.05, 3.63) is 80.6 Å². The van der Waals surface area contributed by atoms with Gasteiger partial charge in [0.15, 0.2) is 0 Å². The molecule has 0 saturated carbocycles. The molecule has 2 aromatic carbocycles. The van der Waals surface area contributed by atoms with Gasteiger partial charge in [-0.2, -0.15) is 0 Å². The van der Waals surface area contributed by atoms with Gasteiger partial charge in [-0.3, -0.25) is 9.59 Å². The lowest BCUT2D eigenvalue weighted by atomic mass is 9.84. The summed E-state index contributed by atoms with van der Waals surface area (Å²) in [7, 11) is 0. The van der Waals surface area contributed by atoms with Crippen LogP contribution in [0.4, 0.5) is 5.00 Å². The van der Waals surface area contributed by atoms with Crippen molar-refractivity contribution >= 4 is 55.0 Å². The van der Waals surface area contributed by atoms with Crippen LogP contribution in [-0.2, 0) is 12.8 Å². The number of fused-ring (bicyclic) bond motifs is 2. The van der Waals surface area contributed by atoms with Gasteiger partial charge in [-0.25, -0.2) is 4.98 Å². The number of benzene rings is 2. The first-order chi connectivity index (χ1) is 16.9. The highest BCUT2D eigenvalue weighted by molar-refractivity contribution is 9.10. The largest absolute Gasteiger partial charge is 0.365 e. The van der Waals surface area contributed by atoms with E-state index in [1.807, 2.05) is 54.6 Å². The van der Waals surface area contributed by atoms with E-state index in [-0.39, 0.29) is 5.91 Å². The van der Waals surface area contributed by atoms with Gasteiger partial charge in [-0.05, 0) is 55.0 Å². The van der Waals surface area contributed by atoms with Crippen LogP contribution in [0.3, 0.4) is 0 Å². The zero-order valence-electron chi connectivity index (χ0n) is 19.4. The number of amides is 2. The summed E-state index contributed by atoms with van der Waals surface area (Å²) < 4.78 is 0.974. The number of nitrogens with two attached hydrogens (primary N) is 1. The van der Waals surface area contributed by atoms with Crippen molar-refractivity contribution in [1.82, 2.24) is 4.98 Å². The Hall–Kier alpha value is -3.03. The topological polar surface area (TPSA) is 85.1 Å². The zero-order chi connectivity index (χ0) is 24.5. The molecule has 1 aliphatic carbocycles. The number of anilines is 1. The molecule has 4 aromatic rings. The van der Waals surface area contributed by atoms with Crippen LogP contribution in [0.5, 0.6) is 0 Å². The number of pyridine rings is 1. The summed E-state index contributed by atoms with van der Waals surface area (Å²) in [6, 6.07) is 17.3. The lowest BCUT2D eigenvalue weighted by Gasteiger charge is -2.21. The highest BCUT2D eigenvalue weighted by Gasteiger charge is 2.29. The van der Waals surface area contributed by atoms with Crippen molar-refractivity contribution in [2.75, 3.05) is 5.32 Å². The van der Waals surface area contributed by atoms with Crippen LogP contribution in [0.25, 0.3) is 22.2 Å². The van der Waals surface area contributed by atoms with E-state index in [9.17, 15) is 9.59 Å². The number of hydrogen-bond acceptors (Lipinski definition) is 4. The summed E-state index contributed by atoms with van der Waals surface area (Å²) in [6.45, 7) is 2.20. The molecule has 5 rings (SSSR count). The van der Waals surface area contributed by atoms with E-state index < -0.39 is 5.91 Å². The number of carbonyl (C=O) groups excluding carboxylic acids is 2. The number of thiophene rings is 1. The molecule has 0 aliphatic heterocycles. The molecular weight excluding hydrogens is 522 g/mol. The molecule has 2 heterocycles. The second-order valence-electron chi connectivity index (χ2n) is 9.00. The molecule has 2 amide bonds. The normalized spacial score (nSPS) is 15.1. The van der Waals surface area contributed by atoms with Crippen molar-refractivity contribution in [2.24, 2.45) is 11.7 Å². The standard InChI is InChI=1S/C28H26BrN3O2S/c1-2-5-16-8-13-20-24(14-16)35-28(25(20)26(30)33)32-27(34)21-15-23(17-9-11-18(29)12-10-17)31-22-7-4-3-6-19(21)22/h3-4,6-7,9-12,15-16H,2,5,8,13-14H2,1H3,(H2,30,33)(H,32,34). The van der Waals surface area contributed by atoms with Gasteiger partial charge in [0.05, 0.1) is 22.3 Å². The third kappa shape index (κ3) is 4.75. The fraction of sp³-hybridized carbons (Fsp3) is 0.250. The summed E-state index contributed by atoms with van der Waals surface area (Å²) in [4.78, 5) is 32.0. The summed E-state index contributed by atoms with van der Waals surface area (Å²) in [6.07, 6.45) is 5.14. The summed E-state index contributed by atoms with van der Waals surface area (Å²) >= 11 is 4.96. The summed E-state index contributed by atoms with van der Waals surface area (Å²) in [5.74, 6) is -0.136. The molecule has 3 N–H and O–H groups in total. The Balaban J connectivity index is 1.54. The SMILES string of the molecule is CCCC1CCc2c(sc(NC(=O)c3cc(-c4ccc(Br)cc4)nc4ccccc34)c2C(N)=O)C1. The van der Waals surface area contributed by atoms with Crippen molar-refractivity contribution in [2.45, 2.75) is 39.0 Å². The molecule has 1 aliphatic rings. The minimum Gasteiger partial charge on any atom is -0.365 e. The van der Waals surface area contributed by atoms with E-state index in [1.54, 1.807) is 0 Å². The predicted octanol–water partition coefficient (Wildman–Crippen LogP) is 6.98. The molecule has 0 spiro atoms. The van der Waals surface area contributed by atoms with Crippen molar-refractivity contribution in [1.29, 1.82) is 0 Å². The Morgan fingerprint density at radius 3 is 2.69 bits per heavy atom. The first-order valence-electron chi connectivity index (χ1n) is 11.9. The maximum absolute atomic E-state index is 13.6. The maximum Gasteiger partial charge on any atom is 0.257 e. The second-order valence-corrected chi connectivity index (χ2v) is 11.0. The van der Waals surface area contributed by atoms with Crippen LogP contribution in [0.1, 0.15) is 57.3 Å². The zero-order valence-corrected chi connectivity index (χ0v) is 21.8. The van der Waals surface area contributed by atoms with Crippen LogP contribution in [0, 0.1) is 5.92 Å². The maximum atomic E-state index is 13.6. The molecule has 178 valence electrons. The predicted molar refractivity (Wildman–Crippen MR) is 146 cm³/mol. The molecule has 0 radical (unpaired) electrons. The van der Waals surface area contributed by atoms with Gasteiger partial charge in [0, 0.05) is 20.3 Å². The lowest BCUT2D eigenvalue weighted by Crippen LogP contribution is -2.20. The number of nitrogens with zero attached hydrogens (tertiary/aromatic N) is 1. The molecule has 2 aromatic heterocycles. The van der Waals surface area contributed by atoms with Gasteiger partial charge in [-0.1, -0.05) is 66.0 Å². The fourth-order valence-electron chi connectivity index (χ4n) is 4.96. The minimum atomic E-state index is -0.484. The van der Waals surface area contributed by atoms with Crippen molar-refractivity contribution in [3.8, 4) is 11.3 Å². The minimum absolute atomic E-state index is 0.270. The van der Waals surface area contributed by atoms with Crippen molar-refractivity contribution in [3.63, 3.8) is 0 Å². The highest BCUT2D eigenvalue weighted by atomic mass is 79.9. The summed E-state index contributed by atoms with van der Waals surface area (Å²) in [5, 5.41) is 4.35. The second kappa shape index (κ2) is 9.91. The van der Waals surface area contributed by atoms with Crippen molar-refractivity contribution < 1.29 is 9.59 Å². The van der Waals surface area contributed by atoms with Crippen LogP contribution >= 0.6 is 27.3 Å². The quantitative estimate of drug-likeness (QED) is 0.273. The Morgan fingerprint density at radius 2 is 1.94 bits per heavy atom. The Bertz CT molecular complexity index is 1430. The first-order valence-corrected chi connectivity index (χ1v) is 13.5. The molecule has 0 fully saturated rings. The number of carbonyl (C=O) groups is 2. The molecule has 7 heteroatoms. The molecule has 1 atom stereocenters. The molecular formula is C28H26BrN3O2S. The van der Waals surface area contributed by atoms with E-state index in [0.29, 0.717) is 27.7 Å². The Labute approximate surface area is 216 Å². The number of halogens is 1. The monoisotopic (exact) mass is 547 g/mol. The third-order valence-corrected chi connectivity index (χ3v) is 8.34. The molecule has 35 heavy (non-hydrogen) atoms. The van der Waals surface area contributed by atoms with E-state index >= 15 is 0 Å². The van der Waals surface area contributed by atoms with E-state index in [4.69, 9.17) is 10.7 Å². The Kier molecular flexibility index (Phi) is 6.71. The molecule has 0 bridgehead atoms. The van der Waals surface area contributed by atoms with Gasteiger partial charge >= 0.3 is 0 Å². The summed E-state index contributed by atoms with van der Waals surface area (Å²) in [5.41, 5.74) is 10.2. The Morgan fingerprint density at radius 1 is 1.17 bits per heavy atom. The number of primary amides is 1. The molecule has 5 nitrogen and oxygen atoms in total. The van der Waals surface area contributed by atoms with Gasteiger partial charge < -0.3 is 11.1 Å². The van der Waals surface area contributed by atoms with Gasteiger partial charge in [0.1, 0.15) is 5.00 Å². The fourth-order valence-corrected chi connectivity index (χ4v) is 6.59. The average molecular weight is 549 g/mol. The molecule has 1 unspecified atom stereocenters. The number of rotatable bonds is 6. The highest BCUT2D eigenvalue weighted by Crippen LogP contribution is 2.41. The van der Waals surface area contributed by atoms with E-state index in [2.05, 4.69) is 28.2 Å². The number of nitrogens with one attached hydrogen (secondary N) is 1. The number of para-hydroxylation sites is 1. The lowest BCUT2D eigenvalue weighted by molar-refractivity contribution is 0.1000. The van der Waals surface area contributed by atoms with Gasteiger partial charge in [0.2, 0.25) is 0 Å². The average Bonchev–Trinajstić information content (AvgIpc) is 3.21. The number of hydrogen-bond donors (Lipinski definition) is 2. The van der Waals surface area contributed by atoms with Crippen LogP contribution in [0.15, 0.2) is 59.1 Å². The van der Waals surface area contributed by atoms with E-state index in [0.717, 1.165) is 52.2 Å². The van der Waals surface area contributed by atoms with Crippen LogP contribution < -0.4 is 11.1 Å². The smallest absolute Gasteiger partial charge is 0.257 e. The van der Waals surface area contributed by atoms with Gasteiger partial charge in [0.25, 0.3) is 11.8 Å². The van der Waals surface area contributed by atoms with Gasteiger partial charge in [-0.15, -0.1) is 11.3 Å². The van der Waals surface area contributed by atoms with E-state index in [1.165, 1.54) is 22.6 Å². The van der Waals surface area contributed by atoms with Crippen LogP contribution in [0.2, 0.25) is 0 Å². The van der Waals surface area contributed by atoms with Crippen LogP contribution in [-0.4, -0.2) is 16.8 Å².